The fraction of sp³-hybridized carbons (Fsp3) is 0.471. The summed E-state index contributed by atoms with van der Waals surface area (Å²) in [6, 6.07) is 6.53. The Morgan fingerprint density at radius 2 is 2.05 bits per heavy atom. The molecule has 3 rings (SSSR count). The summed E-state index contributed by atoms with van der Waals surface area (Å²) in [4.78, 5) is 11.8. The highest BCUT2D eigenvalue weighted by atomic mass is 127. The number of hydrogen-bond acceptors (Lipinski definition) is 3. The topological polar surface area (TPSA) is 31.2 Å². The van der Waals surface area contributed by atoms with Crippen LogP contribution in [-0.4, -0.2) is 17.6 Å². The molecule has 1 fully saturated rings. The van der Waals surface area contributed by atoms with Crippen molar-refractivity contribution in [1.29, 1.82) is 0 Å². The van der Waals surface area contributed by atoms with Crippen molar-refractivity contribution >= 4 is 47.0 Å². The molecule has 5 heteroatoms. The smallest absolute Gasteiger partial charge is 0.337 e. The number of fused-ring (bicyclic) bond motifs is 1. The standard InChI is InChI=1S/C17H20INO2S/c1-11-14-10-12(17(20)21-2)8-9-15(14)19(16(11)22-18)13-6-4-3-5-7-13/h8-10,13H,3-7H2,1-2H3. The maximum Gasteiger partial charge on any atom is 0.337 e. The Labute approximate surface area is 147 Å². The number of hydrogen-bond donors (Lipinski definition) is 0. The van der Waals surface area contributed by atoms with Crippen molar-refractivity contribution < 1.29 is 9.53 Å². The molecule has 1 aliphatic rings. The van der Waals surface area contributed by atoms with E-state index in [0.29, 0.717) is 11.6 Å². The van der Waals surface area contributed by atoms with E-state index in [1.165, 1.54) is 60.7 Å². The van der Waals surface area contributed by atoms with Crippen molar-refractivity contribution in [3.05, 3.63) is 29.3 Å². The quantitative estimate of drug-likeness (QED) is 0.465. The summed E-state index contributed by atoms with van der Waals surface area (Å²) in [7, 11) is 3.21. The van der Waals surface area contributed by atoms with Gasteiger partial charge in [-0.25, -0.2) is 4.79 Å². The van der Waals surface area contributed by atoms with Gasteiger partial charge >= 0.3 is 5.97 Å². The molecule has 0 bridgehead atoms. The van der Waals surface area contributed by atoms with Gasteiger partial charge in [0.25, 0.3) is 0 Å². The van der Waals surface area contributed by atoms with Gasteiger partial charge in [0.2, 0.25) is 0 Å². The minimum absolute atomic E-state index is 0.268. The number of carbonyl (C=O) groups is 1. The Kier molecular flexibility index (Phi) is 5.02. The van der Waals surface area contributed by atoms with E-state index in [-0.39, 0.29) is 5.97 Å². The highest BCUT2D eigenvalue weighted by Gasteiger charge is 2.23. The highest BCUT2D eigenvalue weighted by molar-refractivity contribution is 14.2. The number of aromatic nitrogens is 1. The minimum atomic E-state index is -0.268. The molecular formula is C17H20INO2S. The summed E-state index contributed by atoms with van der Waals surface area (Å²) in [5.74, 6) is -0.268. The summed E-state index contributed by atoms with van der Waals surface area (Å²) >= 11 is 2.37. The molecule has 2 aromatic rings. The number of benzene rings is 1. The van der Waals surface area contributed by atoms with Crippen LogP contribution in [0.4, 0.5) is 0 Å². The van der Waals surface area contributed by atoms with Gasteiger partial charge in [0.05, 0.1) is 17.7 Å². The van der Waals surface area contributed by atoms with E-state index in [1.54, 1.807) is 8.93 Å². The van der Waals surface area contributed by atoms with E-state index in [4.69, 9.17) is 4.74 Å². The van der Waals surface area contributed by atoms with E-state index >= 15 is 0 Å². The lowest BCUT2D eigenvalue weighted by Gasteiger charge is -2.26. The van der Waals surface area contributed by atoms with Crippen molar-refractivity contribution in [1.82, 2.24) is 4.57 Å². The monoisotopic (exact) mass is 429 g/mol. The Hall–Kier alpha value is -0.690. The molecule has 1 aromatic heterocycles. The van der Waals surface area contributed by atoms with Crippen LogP contribution < -0.4 is 0 Å². The molecule has 1 heterocycles. The molecule has 118 valence electrons. The van der Waals surface area contributed by atoms with E-state index in [9.17, 15) is 4.79 Å². The molecule has 0 aliphatic heterocycles. The SMILES string of the molecule is COC(=O)c1ccc2c(c1)c(C)c(SI)n2C1CCCCC1. The number of halogens is 1. The zero-order valence-electron chi connectivity index (χ0n) is 12.9. The maximum atomic E-state index is 11.8. The molecule has 0 amide bonds. The second-order valence-corrected chi connectivity index (χ2v) is 7.75. The first kappa shape index (κ1) is 16.2. The lowest BCUT2D eigenvalue weighted by atomic mass is 9.95. The molecule has 1 aliphatic carbocycles. The Balaban J connectivity index is 2.16. The molecule has 0 radical (unpaired) electrons. The molecule has 22 heavy (non-hydrogen) atoms. The second kappa shape index (κ2) is 6.83. The zero-order valence-corrected chi connectivity index (χ0v) is 15.9. The van der Waals surface area contributed by atoms with Crippen molar-refractivity contribution in [2.24, 2.45) is 0 Å². The molecule has 1 saturated carbocycles. The predicted molar refractivity (Wildman–Crippen MR) is 100 cm³/mol. The highest BCUT2D eigenvalue weighted by Crippen LogP contribution is 2.42. The zero-order chi connectivity index (χ0) is 15.7. The fourth-order valence-electron chi connectivity index (χ4n) is 3.49. The summed E-state index contributed by atoms with van der Waals surface area (Å²) in [6.45, 7) is 2.16. The number of carbonyl (C=O) groups excluding carboxylic acids is 1. The number of nitrogens with zero attached hydrogens (tertiary/aromatic N) is 1. The number of ether oxygens (including phenoxy) is 1. The normalized spacial score (nSPS) is 16.1. The Morgan fingerprint density at radius 1 is 1.32 bits per heavy atom. The Morgan fingerprint density at radius 3 is 2.68 bits per heavy atom. The van der Waals surface area contributed by atoms with Crippen LogP contribution in [0.3, 0.4) is 0 Å². The third kappa shape index (κ3) is 2.77. The molecule has 0 spiro atoms. The maximum absolute atomic E-state index is 11.8. The predicted octanol–water partition coefficient (Wildman–Crippen LogP) is 5.68. The van der Waals surface area contributed by atoms with Crippen molar-refractivity contribution in [2.45, 2.75) is 50.1 Å². The van der Waals surface area contributed by atoms with Gasteiger partial charge < -0.3 is 9.30 Å². The van der Waals surface area contributed by atoms with Crippen molar-refractivity contribution in [3.8, 4) is 0 Å². The number of rotatable bonds is 3. The average molecular weight is 429 g/mol. The molecule has 3 nitrogen and oxygen atoms in total. The first-order chi connectivity index (χ1) is 10.7. The van der Waals surface area contributed by atoms with Crippen LogP contribution >= 0.6 is 30.1 Å². The number of aryl methyl sites for hydroxylation is 1. The number of esters is 1. The number of methoxy groups -OCH3 is 1. The van der Waals surface area contributed by atoms with Crippen LogP contribution in [0.1, 0.15) is 54.1 Å². The molecule has 0 atom stereocenters. The molecule has 1 aromatic carbocycles. The van der Waals surface area contributed by atoms with Crippen LogP contribution in [0.15, 0.2) is 23.2 Å². The summed E-state index contributed by atoms with van der Waals surface area (Å²) in [5, 5.41) is 2.50. The van der Waals surface area contributed by atoms with Gasteiger partial charge in [-0.05, 0) is 52.5 Å². The van der Waals surface area contributed by atoms with Crippen LogP contribution in [0.5, 0.6) is 0 Å². The second-order valence-electron chi connectivity index (χ2n) is 5.89. The first-order valence-corrected chi connectivity index (χ1v) is 11.0. The van der Waals surface area contributed by atoms with Crippen LogP contribution in [0.2, 0.25) is 0 Å². The average Bonchev–Trinajstić information content (AvgIpc) is 2.86. The van der Waals surface area contributed by atoms with Gasteiger partial charge in [0.15, 0.2) is 0 Å². The fourth-order valence-corrected chi connectivity index (χ4v) is 5.67. The summed E-state index contributed by atoms with van der Waals surface area (Å²) < 4.78 is 7.35. The summed E-state index contributed by atoms with van der Waals surface area (Å²) in [5.41, 5.74) is 3.14. The van der Waals surface area contributed by atoms with E-state index in [0.717, 1.165) is 0 Å². The first-order valence-electron chi connectivity index (χ1n) is 7.68. The van der Waals surface area contributed by atoms with E-state index in [1.807, 2.05) is 12.1 Å². The van der Waals surface area contributed by atoms with Crippen LogP contribution in [0, 0.1) is 6.92 Å². The van der Waals surface area contributed by atoms with Gasteiger partial charge in [0, 0.05) is 38.2 Å². The van der Waals surface area contributed by atoms with Crippen LogP contribution in [-0.2, 0) is 4.74 Å². The molecular weight excluding hydrogens is 409 g/mol. The van der Waals surface area contributed by atoms with Gasteiger partial charge in [-0.15, -0.1) is 0 Å². The lowest BCUT2D eigenvalue weighted by molar-refractivity contribution is 0.0601. The minimum Gasteiger partial charge on any atom is -0.465 e. The van der Waals surface area contributed by atoms with Crippen molar-refractivity contribution in [3.63, 3.8) is 0 Å². The van der Waals surface area contributed by atoms with Gasteiger partial charge in [-0.2, -0.15) is 0 Å². The third-order valence-corrected chi connectivity index (χ3v) is 6.53. The van der Waals surface area contributed by atoms with Crippen molar-refractivity contribution in [2.75, 3.05) is 7.11 Å². The molecule has 0 unspecified atom stereocenters. The molecule has 0 N–H and O–H groups in total. The van der Waals surface area contributed by atoms with E-state index in [2.05, 4.69) is 38.8 Å². The Bertz CT molecular complexity index is 704. The van der Waals surface area contributed by atoms with Gasteiger partial charge in [-0.3, -0.25) is 0 Å². The molecule has 0 saturated heterocycles. The van der Waals surface area contributed by atoms with Gasteiger partial charge in [-0.1, -0.05) is 19.3 Å². The van der Waals surface area contributed by atoms with E-state index < -0.39 is 0 Å². The van der Waals surface area contributed by atoms with Crippen LogP contribution in [0.25, 0.3) is 10.9 Å². The summed E-state index contributed by atoms with van der Waals surface area (Å²) in [6.07, 6.45) is 6.50. The lowest BCUT2D eigenvalue weighted by Crippen LogP contribution is -2.13. The van der Waals surface area contributed by atoms with Gasteiger partial charge in [0.1, 0.15) is 0 Å². The largest absolute Gasteiger partial charge is 0.465 e. The third-order valence-electron chi connectivity index (χ3n) is 4.63.